The van der Waals surface area contributed by atoms with Gasteiger partial charge in [-0.05, 0) is 37.5 Å². The van der Waals surface area contributed by atoms with E-state index >= 15 is 0 Å². The first-order valence-corrected chi connectivity index (χ1v) is 6.56. The maximum absolute atomic E-state index is 5.99. The van der Waals surface area contributed by atoms with E-state index in [1.165, 1.54) is 24.8 Å². The van der Waals surface area contributed by atoms with Gasteiger partial charge in [-0.2, -0.15) is 0 Å². The first kappa shape index (κ1) is 13.5. The Morgan fingerprint density at radius 1 is 1.31 bits per heavy atom. The highest BCUT2D eigenvalue weighted by atomic mass is 35.5. The Morgan fingerprint density at radius 2 is 2.06 bits per heavy atom. The molecule has 0 saturated heterocycles. The maximum Gasteiger partial charge on any atom is 0.0409 e. The zero-order valence-corrected chi connectivity index (χ0v) is 11.2. The predicted octanol–water partition coefficient (Wildman–Crippen LogP) is 4.57. The van der Waals surface area contributed by atoms with Gasteiger partial charge in [-0.1, -0.05) is 44.0 Å². The van der Waals surface area contributed by atoms with Crippen LogP contribution in [-0.4, -0.2) is 6.04 Å². The first-order valence-electron chi connectivity index (χ1n) is 6.18. The molecule has 1 aromatic rings. The van der Waals surface area contributed by atoms with E-state index in [2.05, 4.69) is 32.2 Å². The van der Waals surface area contributed by atoms with Crippen LogP contribution >= 0.6 is 11.6 Å². The second-order valence-electron chi connectivity index (χ2n) is 4.34. The number of rotatable bonds is 6. The monoisotopic (exact) mass is 239 g/mol. The molecule has 1 nitrogen and oxygen atoms in total. The summed E-state index contributed by atoms with van der Waals surface area (Å²) in [6.07, 6.45) is 3.65. The summed E-state index contributed by atoms with van der Waals surface area (Å²) in [5, 5.41) is 4.47. The topological polar surface area (TPSA) is 12.0 Å². The number of halogens is 1. The van der Waals surface area contributed by atoms with Crippen molar-refractivity contribution in [3.63, 3.8) is 0 Å². The van der Waals surface area contributed by atoms with Gasteiger partial charge >= 0.3 is 0 Å². The van der Waals surface area contributed by atoms with E-state index in [4.69, 9.17) is 11.6 Å². The molecule has 1 N–H and O–H groups in total. The fraction of sp³-hybridized carbons (Fsp3) is 0.571. The second-order valence-corrected chi connectivity index (χ2v) is 4.77. The fourth-order valence-corrected chi connectivity index (χ4v) is 2.18. The summed E-state index contributed by atoms with van der Waals surface area (Å²) in [5.41, 5.74) is 1.27. The number of hydrogen-bond acceptors (Lipinski definition) is 1. The molecule has 90 valence electrons. The molecule has 0 fully saturated rings. The standard InChI is InChI=1S/C14H22ClN/c1-4-7-14(5-2)16-11(3)12-8-6-9-13(15)10-12/h6,8-11,14,16H,4-5,7H2,1-3H3/t11-,14?/m1/s1. The quantitative estimate of drug-likeness (QED) is 0.767. The normalized spacial score (nSPS) is 14.8. The average molecular weight is 240 g/mol. The second kappa shape index (κ2) is 6.93. The highest BCUT2D eigenvalue weighted by molar-refractivity contribution is 6.30. The molecule has 0 bridgehead atoms. The Kier molecular flexibility index (Phi) is 5.86. The van der Waals surface area contributed by atoms with E-state index in [0.29, 0.717) is 12.1 Å². The highest BCUT2D eigenvalue weighted by Gasteiger charge is 2.10. The molecule has 2 heteroatoms. The third kappa shape index (κ3) is 4.15. The van der Waals surface area contributed by atoms with Crippen molar-refractivity contribution in [3.05, 3.63) is 34.9 Å². The van der Waals surface area contributed by atoms with Gasteiger partial charge in [-0.3, -0.25) is 0 Å². The van der Waals surface area contributed by atoms with Gasteiger partial charge in [0.25, 0.3) is 0 Å². The average Bonchev–Trinajstić information content (AvgIpc) is 2.28. The molecule has 0 aliphatic carbocycles. The zero-order valence-electron chi connectivity index (χ0n) is 10.5. The summed E-state index contributed by atoms with van der Waals surface area (Å²) in [4.78, 5) is 0. The van der Waals surface area contributed by atoms with E-state index in [1.807, 2.05) is 18.2 Å². The number of nitrogens with one attached hydrogen (secondary N) is 1. The summed E-state index contributed by atoms with van der Waals surface area (Å²) < 4.78 is 0. The van der Waals surface area contributed by atoms with Gasteiger partial charge < -0.3 is 5.32 Å². The molecule has 0 aliphatic rings. The SMILES string of the molecule is CCCC(CC)N[C@H](C)c1cccc(Cl)c1. The van der Waals surface area contributed by atoms with Crippen molar-refractivity contribution in [2.75, 3.05) is 0 Å². The van der Waals surface area contributed by atoms with Crippen molar-refractivity contribution >= 4 is 11.6 Å². The maximum atomic E-state index is 5.99. The lowest BCUT2D eigenvalue weighted by atomic mass is 10.0. The Hall–Kier alpha value is -0.530. The van der Waals surface area contributed by atoms with Crippen LogP contribution in [0.1, 0.15) is 51.6 Å². The Labute approximate surface area is 104 Å². The third-order valence-electron chi connectivity index (χ3n) is 2.96. The van der Waals surface area contributed by atoms with Crippen LogP contribution in [0.2, 0.25) is 5.02 Å². The highest BCUT2D eigenvalue weighted by Crippen LogP contribution is 2.18. The minimum absolute atomic E-state index is 0.371. The van der Waals surface area contributed by atoms with E-state index in [0.717, 1.165) is 5.02 Å². The van der Waals surface area contributed by atoms with Gasteiger partial charge in [0.1, 0.15) is 0 Å². The molecule has 1 aromatic carbocycles. The van der Waals surface area contributed by atoms with Gasteiger partial charge in [0, 0.05) is 17.1 Å². The van der Waals surface area contributed by atoms with E-state index in [1.54, 1.807) is 0 Å². The minimum Gasteiger partial charge on any atom is -0.307 e. The Bertz CT molecular complexity index is 311. The Balaban J connectivity index is 2.60. The largest absolute Gasteiger partial charge is 0.307 e. The molecular formula is C14H22ClN. The molecule has 1 unspecified atom stereocenters. The zero-order chi connectivity index (χ0) is 12.0. The van der Waals surface area contributed by atoms with Crippen molar-refractivity contribution in [1.82, 2.24) is 5.32 Å². The van der Waals surface area contributed by atoms with Crippen molar-refractivity contribution in [2.24, 2.45) is 0 Å². The summed E-state index contributed by atoms with van der Waals surface area (Å²) >= 11 is 5.99. The summed E-state index contributed by atoms with van der Waals surface area (Å²) in [7, 11) is 0. The lowest BCUT2D eigenvalue weighted by Gasteiger charge is -2.22. The van der Waals surface area contributed by atoms with E-state index < -0.39 is 0 Å². The smallest absolute Gasteiger partial charge is 0.0409 e. The van der Waals surface area contributed by atoms with Crippen LogP contribution in [0.3, 0.4) is 0 Å². The van der Waals surface area contributed by atoms with Crippen molar-refractivity contribution in [2.45, 2.75) is 52.1 Å². The molecule has 0 heterocycles. The van der Waals surface area contributed by atoms with Crippen LogP contribution in [-0.2, 0) is 0 Å². The third-order valence-corrected chi connectivity index (χ3v) is 3.20. The van der Waals surface area contributed by atoms with Crippen LogP contribution in [0, 0.1) is 0 Å². The molecule has 0 spiro atoms. The van der Waals surface area contributed by atoms with Crippen molar-refractivity contribution in [1.29, 1.82) is 0 Å². The fourth-order valence-electron chi connectivity index (χ4n) is 1.98. The van der Waals surface area contributed by atoms with Gasteiger partial charge in [0.15, 0.2) is 0 Å². The molecular weight excluding hydrogens is 218 g/mol. The molecule has 2 atom stereocenters. The number of benzene rings is 1. The van der Waals surface area contributed by atoms with Crippen LogP contribution < -0.4 is 5.32 Å². The molecule has 1 rings (SSSR count). The molecule has 0 aliphatic heterocycles. The molecule has 0 aromatic heterocycles. The van der Waals surface area contributed by atoms with Crippen LogP contribution in [0.5, 0.6) is 0 Å². The lowest BCUT2D eigenvalue weighted by molar-refractivity contribution is 0.417. The summed E-state index contributed by atoms with van der Waals surface area (Å²) in [6, 6.07) is 9.08. The molecule has 0 amide bonds. The van der Waals surface area contributed by atoms with Crippen molar-refractivity contribution < 1.29 is 0 Å². The lowest BCUT2D eigenvalue weighted by Crippen LogP contribution is -2.30. The number of hydrogen-bond donors (Lipinski definition) is 1. The predicted molar refractivity (Wildman–Crippen MR) is 72.0 cm³/mol. The summed E-state index contributed by atoms with van der Waals surface area (Å²) in [6.45, 7) is 6.66. The van der Waals surface area contributed by atoms with Gasteiger partial charge in [0.2, 0.25) is 0 Å². The minimum atomic E-state index is 0.371. The molecule has 0 radical (unpaired) electrons. The first-order chi connectivity index (χ1) is 7.67. The van der Waals surface area contributed by atoms with Crippen LogP contribution in [0.25, 0.3) is 0 Å². The molecule has 16 heavy (non-hydrogen) atoms. The van der Waals surface area contributed by atoms with Crippen molar-refractivity contribution in [3.8, 4) is 0 Å². The van der Waals surface area contributed by atoms with E-state index in [-0.39, 0.29) is 0 Å². The molecule has 0 saturated carbocycles. The van der Waals surface area contributed by atoms with Gasteiger partial charge in [-0.15, -0.1) is 0 Å². The summed E-state index contributed by atoms with van der Waals surface area (Å²) in [5.74, 6) is 0. The van der Waals surface area contributed by atoms with Crippen LogP contribution in [0.15, 0.2) is 24.3 Å². The van der Waals surface area contributed by atoms with E-state index in [9.17, 15) is 0 Å². The van der Waals surface area contributed by atoms with Gasteiger partial charge in [-0.25, -0.2) is 0 Å². The Morgan fingerprint density at radius 3 is 2.62 bits per heavy atom. The van der Waals surface area contributed by atoms with Gasteiger partial charge in [0.05, 0.1) is 0 Å². The van der Waals surface area contributed by atoms with Crippen LogP contribution in [0.4, 0.5) is 0 Å².